The van der Waals surface area contributed by atoms with Crippen molar-refractivity contribution in [2.75, 3.05) is 43.0 Å². The monoisotopic (exact) mass is 502 g/mol. The van der Waals surface area contributed by atoms with E-state index in [0.717, 1.165) is 30.9 Å². The van der Waals surface area contributed by atoms with Gasteiger partial charge in [0.15, 0.2) is 5.11 Å². The Labute approximate surface area is 211 Å². The highest BCUT2D eigenvalue weighted by Gasteiger charge is 2.24. The van der Waals surface area contributed by atoms with Crippen LogP contribution in [0.1, 0.15) is 37.6 Å². The molecule has 0 atom stereocenters. The van der Waals surface area contributed by atoms with Gasteiger partial charge in [-0.15, -0.1) is 0 Å². The summed E-state index contributed by atoms with van der Waals surface area (Å²) in [5.74, 6) is 0.600. The molecule has 1 saturated heterocycles. The van der Waals surface area contributed by atoms with Crippen molar-refractivity contribution in [1.82, 2.24) is 10.2 Å². The minimum absolute atomic E-state index is 0.00370. The fraction of sp³-hybridized carbons (Fsp3) is 0.400. The van der Waals surface area contributed by atoms with Gasteiger partial charge in [0.2, 0.25) is 5.91 Å². The van der Waals surface area contributed by atoms with Crippen LogP contribution in [0.5, 0.6) is 5.75 Å². The Morgan fingerprint density at radius 1 is 1.09 bits per heavy atom. The fourth-order valence-electron chi connectivity index (χ4n) is 3.63. The van der Waals surface area contributed by atoms with Crippen LogP contribution in [0.15, 0.2) is 42.5 Å². The zero-order chi connectivity index (χ0) is 24.7. The van der Waals surface area contributed by atoms with E-state index in [2.05, 4.69) is 15.5 Å². The van der Waals surface area contributed by atoms with Gasteiger partial charge in [0, 0.05) is 43.3 Å². The molecule has 3 rings (SSSR count). The van der Waals surface area contributed by atoms with Crippen molar-refractivity contribution in [1.29, 1.82) is 0 Å². The first-order chi connectivity index (χ1) is 16.3. The summed E-state index contributed by atoms with van der Waals surface area (Å²) in [6, 6.07) is 12.5. The topological polar surface area (TPSA) is 73.9 Å². The van der Waals surface area contributed by atoms with Crippen molar-refractivity contribution in [2.24, 2.45) is 5.92 Å². The number of nitrogens with one attached hydrogen (secondary N) is 2. The lowest BCUT2D eigenvalue weighted by molar-refractivity contribution is -0.134. The summed E-state index contributed by atoms with van der Waals surface area (Å²) < 4.78 is 5.54. The molecule has 0 spiro atoms. The van der Waals surface area contributed by atoms with E-state index in [9.17, 15) is 9.59 Å². The van der Waals surface area contributed by atoms with E-state index in [1.54, 1.807) is 30.3 Å². The largest absolute Gasteiger partial charge is 0.494 e. The number of rotatable bonds is 7. The van der Waals surface area contributed by atoms with Crippen molar-refractivity contribution in [2.45, 2.75) is 27.2 Å². The zero-order valence-corrected chi connectivity index (χ0v) is 21.3. The minimum atomic E-state index is -0.309. The normalized spacial score (nSPS) is 13.6. The molecule has 2 aromatic carbocycles. The standard InChI is InChI=1S/C25H31ClN4O3S/c1-4-15-33-20-8-5-18(6-9-20)23(31)28-25(34)27-19-7-10-22(21(26)16-19)29-11-13-30(14-12-29)24(32)17(2)3/h5-10,16-17H,4,11-15H2,1-3H3,(H2,27,28,31,34). The predicted molar refractivity (Wildman–Crippen MR) is 141 cm³/mol. The van der Waals surface area contributed by atoms with Gasteiger partial charge in [0.05, 0.1) is 17.3 Å². The maximum Gasteiger partial charge on any atom is 0.257 e. The number of hydrogen-bond acceptors (Lipinski definition) is 5. The molecule has 0 saturated carbocycles. The average Bonchev–Trinajstić information content (AvgIpc) is 2.82. The van der Waals surface area contributed by atoms with E-state index >= 15 is 0 Å². The molecular weight excluding hydrogens is 472 g/mol. The SMILES string of the molecule is CCCOc1ccc(C(=O)NC(=S)Nc2ccc(N3CCN(C(=O)C(C)C)CC3)c(Cl)c2)cc1. The van der Waals surface area contributed by atoms with E-state index in [0.29, 0.717) is 36.0 Å². The number of carbonyl (C=O) groups is 2. The summed E-state index contributed by atoms with van der Waals surface area (Å²) in [4.78, 5) is 28.7. The lowest BCUT2D eigenvalue weighted by Gasteiger charge is -2.37. The van der Waals surface area contributed by atoms with Gasteiger partial charge in [-0.2, -0.15) is 0 Å². The maximum atomic E-state index is 12.5. The van der Waals surface area contributed by atoms with Gasteiger partial charge in [-0.05, 0) is 61.1 Å². The Bertz CT molecular complexity index is 1020. The second-order valence-electron chi connectivity index (χ2n) is 8.41. The van der Waals surface area contributed by atoms with Crippen LogP contribution in [0.4, 0.5) is 11.4 Å². The van der Waals surface area contributed by atoms with E-state index < -0.39 is 0 Å². The van der Waals surface area contributed by atoms with Gasteiger partial charge in [0.1, 0.15) is 5.75 Å². The van der Waals surface area contributed by atoms with E-state index in [4.69, 9.17) is 28.6 Å². The maximum absolute atomic E-state index is 12.5. The highest BCUT2D eigenvalue weighted by Crippen LogP contribution is 2.30. The van der Waals surface area contributed by atoms with Crippen LogP contribution < -0.4 is 20.3 Å². The summed E-state index contributed by atoms with van der Waals surface area (Å²) in [6.07, 6.45) is 0.920. The number of ether oxygens (including phenoxy) is 1. The smallest absolute Gasteiger partial charge is 0.257 e. The summed E-state index contributed by atoms with van der Waals surface area (Å²) in [7, 11) is 0. The van der Waals surface area contributed by atoms with Crippen molar-refractivity contribution >= 4 is 52.1 Å². The summed E-state index contributed by atoms with van der Waals surface area (Å²) >= 11 is 11.8. The number of thiocarbonyl (C=S) groups is 1. The Balaban J connectivity index is 1.53. The molecule has 0 aliphatic carbocycles. The Morgan fingerprint density at radius 3 is 2.35 bits per heavy atom. The van der Waals surface area contributed by atoms with E-state index in [1.165, 1.54) is 0 Å². The number of hydrogen-bond donors (Lipinski definition) is 2. The zero-order valence-electron chi connectivity index (χ0n) is 19.8. The van der Waals surface area contributed by atoms with Crippen LogP contribution in [0.3, 0.4) is 0 Å². The first-order valence-corrected chi connectivity index (χ1v) is 12.3. The Kier molecular flexibility index (Phi) is 9.12. The van der Waals surface area contributed by atoms with Gasteiger partial charge in [-0.1, -0.05) is 32.4 Å². The summed E-state index contributed by atoms with van der Waals surface area (Å²) in [6.45, 7) is 9.31. The second kappa shape index (κ2) is 12.0. The molecule has 2 aromatic rings. The minimum Gasteiger partial charge on any atom is -0.494 e. The lowest BCUT2D eigenvalue weighted by Crippen LogP contribution is -2.50. The van der Waals surface area contributed by atoms with Crippen LogP contribution in [-0.2, 0) is 4.79 Å². The number of benzene rings is 2. The lowest BCUT2D eigenvalue weighted by atomic mass is 10.1. The van der Waals surface area contributed by atoms with E-state index in [1.807, 2.05) is 37.8 Å². The molecule has 0 unspecified atom stereocenters. The van der Waals surface area contributed by atoms with Gasteiger partial charge >= 0.3 is 0 Å². The summed E-state index contributed by atoms with van der Waals surface area (Å²) in [5.41, 5.74) is 2.07. The first kappa shape index (κ1) is 25.8. The molecule has 0 bridgehead atoms. The van der Waals surface area contributed by atoms with Crippen molar-refractivity contribution in [3.63, 3.8) is 0 Å². The molecule has 1 aliphatic heterocycles. The predicted octanol–water partition coefficient (Wildman–Crippen LogP) is 4.56. The first-order valence-electron chi connectivity index (χ1n) is 11.5. The van der Waals surface area contributed by atoms with Gasteiger partial charge < -0.3 is 19.9 Å². The van der Waals surface area contributed by atoms with Crippen LogP contribution in [0.25, 0.3) is 0 Å². The molecule has 1 aliphatic rings. The van der Waals surface area contributed by atoms with Crippen molar-refractivity contribution in [3.8, 4) is 5.75 Å². The number of halogens is 1. The van der Waals surface area contributed by atoms with Crippen LogP contribution in [0.2, 0.25) is 5.02 Å². The molecule has 9 heteroatoms. The second-order valence-corrected chi connectivity index (χ2v) is 9.23. The third kappa shape index (κ3) is 6.84. The number of piperazine rings is 1. The third-order valence-corrected chi connectivity index (χ3v) is 5.95. The van der Waals surface area contributed by atoms with Crippen molar-refractivity contribution < 1.29 is 14.3 Å². The number of carbonyl (C=O) groups excluding carboxylic acids is 2. The average molecular weight is 503 g/mol. The Hall–Kier alpha value is -2.84. The molecular formula is C25H31ClN4O3S. The van der Waals surface area contributed by atoms with Gasteiger partial charge in [0.25, 0.3) is 5.91 Å². The van der Waals surface area contributed by atoms with Gasteiger partial charge in [-0.3, -0.25) is 14.9 Å². The number of amides is 2. The highest BCUT2D eigenvalue weighted by molar-refractivity contribution is 7.80. The van der Waals surface area contributed by atoms with Crippen molar-refractivity contribution in [3.05, 3.63) is 53.1 Å². The molecule has 34 heavy (non-hydrogen) atoms. The van der Waals surface area contributed by atoms with E-state index in [-0.39, 0.29) is 22.8 Å². The van der Waals surface area contributed by atoms with Crippen LogP contribution in [0, 0.1) is 5.92 Å². The molecule has 1 heterocycles. The summed E-state index contributed by atoms with van der Waals surface area (Å²) in [5, 5.41) is 6.44. The quantitative estimate of drug-likeness (QED) is 0.541. The molecule has 0 aromatic heterocycles. The molecule has 1 fully saturated rings. The molecule has 7 nitrogen and oxygen atoms in total. The molecule has 2 amide bonds. The van der Waals surface area contributed by atoms with Crippen LogP contribution >= 0.6 is 23.8 Å². The molecule has 182 valence electrons. The Morgan fingerprint density at radius 2 is 1.76 bits per heavy atom. The van der Waals surface area contributed by atoms with Crippen LogP contribution in [-0.4, -0.2) is 54.6 Å². The number of anilines is 2. The molecule has 0 radical (unpaired) electrons. The van der Waals surface area contributed by atoms with Gasteiger partial charge in [-0.25, -0.2) is 0 Å². The number of nitrogens with zero attached hydrogens (tertiary/aromatic N) is 2. The molecule has 2 N–H and O–H groups in total. The highest BCUT2D eigenvalue weighted by atomic mass is 35.5. The third-order valence-electron chi connectivity index (χ3n) is 5.45. The fourth-order valence-corrected chi connectivity index (χ4v) is 4.14.